The summed E-state index contributed by atoms with van der Waals surface area (Å²) < 4.78 is 6.16. The molecule has 226 valence electrons. The zero-order chi connectivity index (χ0) is 30.6. The Labute approximate surface area is 274 Å². The van der Waals surface area contributed by atoms with E-state index in [1.54, 1.807) is 14.0 Å². The van der Waals surface area contributed by atoms with Crippen LogP contribution in [0.15, 0.2) is 132 Å². The number of thiophene rings is 1. The fourth-order valence-electron chi connectivity index (χ4n) is 6.77. The van der Waals surface area contributed by atoms with Crippen molar-refractivity contribution in [2.45, 2.75) is 78.6 Å². The third-order valence-electron chi connectivity index (χ3n) is 9.01. The zero-order valence-corrected chi connectivity index (χ0v) is 30.6. The Kier molecular flexibility index (Phi) is 12.1. The quantitative estimate of drug-likeness (QED) is 0.0953. The van der Waals surface area contributed by atoms with Crippen LogP contribution < -0.4 is 13.6 Å². The van der Waals surface area contributed by atoms with Gasteiger partial charge in [-0.25, -0.2) is 0 Å². The van der Waals surface area contributed by atoms with Crippen LogP contribution >= 0.6 is 11.3 Å². The van der Waals surface area contributed by atoms with E-state index in [9.17, 15) is 0 Å². The molecule has 0 N–H and O–H groups in total. The molecule has 0 aliphatic rings. The Morgan fingerprint density at radius 3 is 1.36 bits per heavy atom. The minimum absolute atomic E-state index is 1.17. The van der Waals surface area contributed by atoms with Crippen molar-refractivity contribution in [3.8, 4) is 11.1 Å². The van der Waals surface area contributed by atoms with Gasteiger partial charge in [0.25, 0.3) is 0 Å². The van der Waals surface area contributed by atoms with Crippen LogP contribution in [0.5, 0.6) is 0 Å². The average Bonchev–Trinajstić information content (AvgIpc) is 3.53. The molecule has 0 unspecified atom stereocenters. The van der Waals surface area contributed by atoms with Crippen molar-refractivity contribution in [1.82, 2.24) is 0 Å². The van der Waals surface area contributed by atoms with E-state index in [-0.39, 0.29) is 0 Å². The summed E-state index contributed by atoms with van der Waals surface area (Å²) >= 11 is -1.76. The van der Waals surface area contributed by atoms with Crippen LogP contribution in [0, 0.1) is 0 Å². The van der Waals surface area contributed by atoms with Gasteiger partial charge >= 0.3 is 276 Å². The maximum atomic E-state index is 2.57. The summed E-state index contributed by atoms with van der Waals surface area (Å²) in [6.07, 6.45) is 11.1. The van der Waals surface area contributed by atoms with Gasteiger partial charge in [-0.05, 0) is 0 Å². The second kappa shape index (κ2) is 16.4. The Morgan fingerprint density at radius 2 is 0.932 bits per heavy atom. The van der Waals surface area contributed by atoms with Crippen LogP contribution in [-0.4, -0.2) is 18.4 Å². The number of unbranched alkanes of at least 4 members (excludes halogenated alkanes) is 3. The van der Waals surface area contributed by atoms with Gasteiger partial charge in [-0.15, -0.1) is 0 Å². The molecule has 0 atom stereocenters. The second-order valence-electron chi connectivity index (χ2n) is 12.0. The van der Waals surface area contributed by atoms with Gasteiger partial charge in [-0.2, -0.15) is 0 Å². The summed E-state index contributed by atoms with van der Waals surface area (Å²) in [4.78, 5) is 0. The molecule has 2 heteroatoms. The molecule has 1 heterocycles. The van der Waals surface area contributed by atoms with E-state index in [2.05, 4.69) is 147 Å². The predicted octanol–water partition coefficient (Wildman–Crippen LogP) is 10.1. The van der Waals surface area contributed by atoms with Crippen LogP contribution in [0.1, 0.15) is 84.1 Å². The molecule has 5 rings (SSSR count). The Morgan fingerprint density at radius 1 is 0.523 bits per heavy atom. The van der Waals surface area contributed by atoms with Crippen molar-refractivity contribution in [3.05, 3.63) is 138 Å². The molecule has 1 aromatic heterocycles. The second-order valence-corrected chi connectivity index (χ2v) is 24.5. The molecule has 4 aromatic carbocycles. The molecule has 0 saturated heterocycles. The molecule has 0 radical (unpaired) electrons. The van der Waals surface area contributed by atoms with Gasteiger partial charge in [0.1, 0.15) is 0 Å². The molecule has 5 aromatic rings. The Balaban J connectivity index is 1.91. The summed E-state index contributed by atoms with van der Waals surface area (Å²) in [6.45, 7) is 7.02. The SMILES string of the molecule is CCCCC(CCCC)=C(CCCC)c1cs[c]([Sn]([c]2ccccc2)([c]2ccccc2)[c]2ccccc2)c1-c1ccccc1. The predicted molar refractivity (Wildman–Crippen MR) is 199 cm³/mol. The van der Waals surface area contributed by atoms with Gasteiger partial charge in [0.15, 0.2) is 0 Å². The number of benzene rings is 4. The minimum atomic E-state index is -3.81. The molecule has 0 amide bonds. The number of allylic oxidation sites excluding steroid dienone is 2. The van der Waals surface area contributed by atoms with E-state index in [4.69, 9.17) is 0 Å². The van der Waals surface area contributed by atoms with Gasteiger partial charge in [-0.3, -0.25) is 0 Å². The summed E-state index contributed by atoms with van der Waals surface area (Å²) in [6, 6.07) is 45.9. The monoisotopic (exact) mass is 704 g/mol. The topological polar surface area (TPSA) is 0 Å². The fraction of sp³-hybridized carbons (Fsp3) is 0.286. The van der Waals surface area contributed by atoms with E-state index >= 15 is 0 Å². The van der Waals surface area contributed by atoms with Gasteiger partial charge < -0.3 is 0 Å². The van der Waals surface area contributed by atoms with Crippen LogP contribution in [0.4, 0.5) is 0 Å². The molecule has 0 aliphatic carbocycles. The normalized spacial score (nSPS) is 11.4. The van der Waals surface area contributed by atoms with E-state index in [1.807, 2.05) is 11.3 Å². The summed E-state index contributed by atoms with van der Waals surface area (Å²) in [5.74, 6) is 0. The van der Waals surface area contributed by atoms with Crippen LogP contribution in [0.2, 0.25) is 0 Å². The molecule has 0 spiro atoms. The van der Waals surface area contributed by atoms with E-state index < -0.39 is 18.4 Å². The summed E-state index contributed by atoms with van der Waals surface area (Å²) in [5, 5.41) is 2.57. The Bertz CT molecular complexity index is 1480. The van der Waals surface area contributed by atoms with Crippen molar-refractivity contribution in [1.29, 1.82) is 0 Å². The van der Waals surface area contributed by atoms with Crippen molar-refractivity contribution in [2.75, 3.05) is 0 Å². The first-order valence-electron chi connectivity index (χ1n) is 16.8. The van der Waals surface area contributed by atoms with E-state index in [1.165, 1.54) is 85.2 Å². The van der Waals surface area contributed by atoms with E-state index in [0.29, 0.717) is 0 Å². The number of hydrogen-bond donors (Lipinski definition) is 0. The molecule has 0 bridgehead atoms. The van der Waals surface area contributed by atoms with Gasteiger partial charge in [0, 0.05) is 0 Å². The van der Waals surface area contributed by atoms with Crippen LogP contribution in [0.25, 0.3) is 16.7 Å². The first-order chi connectivity index (χ1) is 21.7. The van der Waals surface area contributed by atoms with Crippen molar-refractivity contribution >= 4 is 48.9 Å². The number of rotatable bonds is 15. The van der Waals surface area contributed by atoms with Gasteiger partial charge in [0.2, 0.25) is 0 Å². The van der Waals surface area contributed by atoms with Crippen molar-refractivity contribution in [3.63, 3.8) is 0 Å². The van der Waals surface area contributed by atoms with Crippen molar-refractivity contribution < 1.29 is 0 Å². The van der Waals surface area contributed by atoms with Gasteiger partial charge in [0.05, 0.1) is 0 Å². The molecule has 0 aliphatic heterocycles. The summed E-state index contributed by atoms with van der Waals surface area (Å²) in [7, 11) is 0. The molecule has 44 heavy (non-hydrogen) atoms. The molecule has 0 saturated carbocycles. The molecular formula is C42H48SSn. The van der Waals surface area contributed by atoms with Crippen LogP contribution in [0.3, 0.4) is 0 Å². The van der Waals surface area contributed by atoms with Gasteiger partial charge in [-0.1, -0.05) is 0 Å². The van der Waals surface area contributed by atoms with E-state index in [0.717, 1.165) is 0 Å². The van der Waals surface area contributed by atoms with Crippen molar-refractivity contribution in [2.24, 2.45) is 0 Å². The zero-order valence-electron chi connectivity index (χ0n) is 26.9. The fourth-order valence-corrected chi connectivity index (χ4v) is 25.1. The summed E-state index contributed by atoms with van der Waals surface area (Å²) in [5.41, 5.74) is 7.73. The third-order valence-corrected chi connectivity index (χ3v) is 25.8. The van der Waals surface area contributed by atoms with Crippen LogP contribution in [-0.2, 0) is 0 Å². The standard InChI is InChI=1S/C24H33S.3C6H5.Sn/c1-4-7-13-20(14-8-5-2)22(17-9-6-3)24-19-25-18-23(24)21-15-11-10-12-16-21;3*1-2-4-6-5-3-1;/h10-12,15-16,19H,4-9,13-14,17H2,1-3H3;3*1-5H;. The first-order valence-corrected chi connectivity index (χ1v) is 23.4. The first kappa shape index (κ1) is 32.5. The third kappa shape index (κ3) is 7.00. The molecular weight excluding hydrogens is 655 g/mol. The maximum absolute atomic E-state index is 3.81. The molecule has 0 fully saturated rings. The Hall–Kier alpha value is -2.88. The number of hydrogen-bond acceptors (Lipinski definition) is 1. The average molecular weight is 704 g/mol. The molecule has 0 nitrogen and oxygen atoms in total.